The topological polar surface area (TPSA) is 47.9 Å². The normalized spacial score (nSPS) is 10.4. The Balaban J connectivity index is 2.60. The van der Waals surface area contributed by atoms with Crippen LogP contribution < -0.4 is 9.47 Å². The quantitative estimate of drug-likeness (QED) is 0.687. The lowest BCUT2D eigenvalue weighted by atomic mass is 10.2. The highest BCUT2D eigenvalue weighted by atomic mass is 16.5. The molecule has 0 aliphatic rings. The summed E-state index contributed by atoms with van der Waals surface area (Å²) in [4.78, 5) is 0. The largest absolute Gasteiger partial charge is 0.493 e. The second-order valence-corrected chi connectivity index (χ2v) is 3.97. The molecule has 102 valence electrons. The molecule has 0 saturated carbocycles. The van der Waals surface area contributed by atoms with E-state index in [4.69, 9.17) is 14.2 Å². The van der Waals surface area contributed by atoms with Crippen molar-refractivity contribution in [2.45, 2.75) is 26.4 Å². The molecule has 1 N–H and O–H groups in total. The van der Waals surface area contributed by atoms with Gasteiger partial charge in [0.05, 0.1) is 19.8 Å². The molecule has 1 rings (SSSR count). The first-order valence-electron chi connectivity index (χ1n) is 6.30. The Kier molecular flexibility index (Phi) is 7.22. The number of rotatable bonds is 9. The van der Waals surface area contributed by atoms with Crippen LogP contribution in [0.5, 0.6) is 11.5 Å². The van der Waals surface area contributed by atoms with Gasteiger partial charge < -0.3 is 19.3 Å². The van der Waals surface area contributed by atoms with E-state index < -0.39 is 0 Å². The van der Waals surface area contributed by atoms with Crippen molar-refractivity contribution in [1.82, 2.24) is 0 Å². The summed E-state index contributed by atoms with van der Waals surface area (Å²) in [6, 6.07) is 5.51. The molecule has 0 spiro atoms. The van der Waals surface area contributed by atoms with Gasteiger partial charge in [0.25, 0.3) is 0 Å². The lowest BCUT2D eigenvalue weighted by Gasteiger charge is -2.12. The smallest absolute Gasteiger partial charge is 0.128 e. The average Bonchev–Trinajstić information content (AvgIpc) is 2.41. The molecule has 0 radical (unpaired) electrons. The van der Waals surface area contributed by atoms with Crippen molar-refractivity contribution in [2.24, 2.45) is 0 Å². The zero-order valence-electron chi connectivity index (χ0n) is 11.1. The molecule has 4 nitrogen and oxygen atoms in total. The third-order valence-electron chi connectivity index (χ3n) is 2.43. The summed E-state index contributed by atoms with van der Waals surface area (Å²) in [5, 5.41) is 9.24. The number of ether oxygens (including phenoxy) is 3. The van der Waals surface area contributed by atoms with Gasteiger partial charge >= 0.3 is 0 Å². The lowest BCUT2D eigenvalue weighted by molar-refractivity contribution is 0.170. The van der Waals surface area contributed by atoms with Crippen LogP contribution in [0.2, 0.25) is 0 Å². The van der Waals surface area contributed by atoms with Gasteiger partial charge in [0, 0.05) is 31.8 Å². The summed E-state index contributed by atoms with van der Waals surface area (Å²) in [6.07, 6.45) is 1.78. The number of aliphatic hydroxyl groups excluding tert-OH is 1. The monoisotopic (exact) mass is 254 g/mol. The van der Waals surface area contributed by atoms with Crippen molar-refractivity contribution in [1.29, 1.82) is 0 Å². The minimum atomic E-state index is -0.0341. The van der Waals surface area contributed by atoms with Crippen molar-refractivity contribution in [2.75, 3.05) is 26.9 Å². The summed E-state index contributed by atoms with van der Waals surface area (Å²) < 4.78 is 16.1. The third kappa shape index (κ3) is 4.94. The Morgan fingerprint density at radius 2 is 1.94 bits per heavy atom. The summed E-state index contributed by atoms with van der Waals surface area (Å²) in [5.41, 5.74) is 0.774. The van der Waals surface area contributed by atoms with Gasteiger partial charge in [0.15, 0.2) is 0 Å². The lowest BCUT2D eigenvalue weighted by Crippen LogP contribution is -2.04. The molecule has 0 aliphatic carbocycles. The maximum absolute atomic E-state index is 9.24. The molecule has 1 aromatic carbocycles. The van der Waals surface area contributed by atoms with Gasteiger partial charge in [0.1, 0.15) is 11.5 Å². The Labute approximate surface area is 108 Å². The molecule has 0 saturated heterocycles. The van der Waals surface area contributed by atoms with E-state index in [9.17, 15) is 5.11 Å². The number of methoxy groups -OCH3 is 1. The zero-order chi connectivity index (χ0) is 13.2. The van der Waals surface area contributed by atoms with Crippen molar-refractivity contribution in [3.63, 3.8) is 0 Å². The average molecular weight is 254 g/mol. The highest BCUT2D eigenvalue weighted by Crippen LogP contribution is 2.25. The van der Waals surface area contributed by atoms with E-state index in [0.717, 1.165) is 24.2 Å². The predicted octanol–water partition coefficient (Wildman–Crippen LogP) is 2.38. The summed E-state index contributed by atoms with van der Waals surface area (Å²) in [5.74, 6) is 1.46. The fraction of sp³-hybridized carbons (Fsp3) is 0.571. The Hall–Kier alpha value is -1.26. The first-order valence-corrected chi connectivity index (χ1v) is 6.30. The summed E-state index contributed by atoms with van der Waals surface area (Å²) in [6.45, 7) is 3.94. The van der Waals surface area contributed by atoms with Crippen LogP contribution in [-0.2, 0) is 11.3 Å². The highest BCUT2D eigenvalue weighted by Gasteiger charge is 2.05. The minimum Gasteiger partial charge on any atom is -0.493 e. The molecule has 4 heteroatoms. The molecule has 0 aromatic heterocycles. The predicted molar refractivity (Wildman–Crippen MR) is 70.1 cm³/mol. The number of hydrogen-bond donors (Lipinski definition) is 1. The maximum Gasteiger partial charge on any atom is 0.128 e. The van der Waals surface area contributed by atoms with Crippen LogP contribution in [0, 0.1) is 0 Å². The Bertz CT molecular complexity index is 339. The van der Waals surface area contributed by atoms with Gasteiger partial charge in [-0.05, 0) is 18.6 Å². The molecule has 0 atom stereocenters. The molecule has 0 aliphatic heterocycles. The zero-order valence-corrected chi connectivity index (χ0v) is 11.1. The van der Waals surface area contributed by atoms with Gasteiger partial charge in [-0.1, -0.05) is 6.92 Å². The molecule has 0 unspecified atom stereocenters. The molecular formula is C14H22O4. The second-order valence-electron chi connectivity index (χ2n) is 3.97. The summed E-state index contributed by atoms with van der Waals surface area (Å²) >= 11 is 0. The number of hydrogen-bond acceptors (Lipinski definition) is 4. The van der Waals surface area contributed by atoms with E-state index in [1.54, 1.807) is 7.11 Å². The first kappa shape index (κ1) is 14.8. The van der Waals surface area contributed by atoms with Gasteiger partial charge in [0.2, 0.25) is 0 Å². The molecule has 0 fully saturated rings. The standard InChI is InChI=1S/C14H22O4/c1-3-7-17-13-6-5-12(11-15)14(10-13)18-9-4-8-16-2/h5-6,10,15H,3-4,7-9,11H2,1-2H3. The van der Waals surface area contributed by atoms with Crippen LogP contribution >= 0.6 is 0 Å². The molecular weight excluding hydrogens is 232 g/mol. The molecule has 0 bridgehead atoms. The highest BCUT2D eigenvalue weighted by molar-refractivity contribution is 5.40. The van der Waals surface area contributed by atoms with Gasteiger partial charge in [-0.25, -0.2) is 0 Å². The Morgan fingerprint density at radius 1 is 1.11 bits per heavy atom. The molecule has 18 heavy (non-hydrogen) atoms. The van der Waals surface area contributed by atoms with Crippen molar-refractivity contribution >= 4 is 0 Å². The van der Waals surface area contributed by atoms with Crippen LogP contribution in [0.4, 0.5) is 0 Å². The second kappa shape index (κ2) is 8.78. The molecule has 0 amide bonds. The number of aliphatic hydroxyl groups is 1. The van der Waals surface area contributed by atoms with E-state index >= 15 is 0 Å². The fourth-order valence-corrected chi connectivity index (χ4v) is 1.49. The first-order chi connectivity index (χ1) is 8.81. The van der Waals surface area contributed by atoms with Crippen molar-refractivity contribution < 1.29 is 19.3 Å². The van der Waals surface area contributed by atoms with Gasteiger partial charge in [-0.3, -0.25) is 0 Å². The third-order valence-corrected chi connectivity index (χ3v) is 2.43. The minimum absolute atomic E-state index is 0.0341. The van der Waals surface area contributed by atoms with Crippen LogP contribution in [0.3, 0.4) is 0 Å². The van der Waals surface area contributed by atoms with Crippen LogP contribution in [-0.4, -0.2) is 32.0 Å². The maximum atomic E-state index is 9.24. The van der Waals surface area contributed by atoms with E-state index in [0.29, 0.717) is 25.6 Å². The van der Waals surface area contributed by atoms with E-state index in [2.05, 4.69) is 6.92 Å². The molecule has 1 aromatic rings. The van der Waals surface area contributed by atoms with Gasteiger partial charge in [-0.2, -0.15) is 0 Å². The summed E-state index contributed by atoms with van der Waals surface area (Å²) in [7, 11) is 1.67. The molecule has 0 heterocycles. The van der Waals surface area contributed by atoms with Crippen LogP contribution in [0.25, 0.3) is 0 Å². The van der Waals surface area contributed by atoms with Crippen LogP contribution in [0.15, 0.2) is 18.2 Å². The van der Waals surface area contributed by atoms with E-state index in [1.165, 1.54) is 0 Å². The van der Waals surface area contributed by atoms with Crippen LogP contribution in [0.1, 0.15) is 25.3 Å². The SMILES string of the molecule is CCCOc1ccc(CO)c(OCCCOC)c1. The van der Waals surface area contributed by atoms with Gasteiger partial charge in [-0.15, -0.1) is 0 Å². The van der Waals surface area contributed by atoms with E-state index in [1.807, 2.05) is 18.2 Å². The fourth-order valence-electron chi connectivity index (χ4n) is 1.49. The van der Waals surface area contributed by atoms with Crippen molar-refractivity contribution in [3.8, 4) is 11.5 Å². The van der Waals surface area contributed by atoms with E-state index in [-0.39, 0.29) is 6.61 Å². The Morgan fingerprint density at radius 3 is 2.61 bits per heavy atom. The van der Waals surface area contributed by atoms with Crippen molar-refractivity contribution in [3.05, 3.63) is 23.8 Å². The number of benzene rings is 1.